The minimum Gasteiger partial charge on any atom is -0.484 e. The van der Waals surface area contributed by atoms with E-state index in [0.717, 1.165) is 0 Å². The summed E-state index contributed by atoms with van der Waals surface area (Å²) in [5.41, 5.74) is 0. The van der Waals surface area contributed by atoms with Crippen LogP contribution < -0.4 is 4.74 Å². The highest BCUT2D eigenvalue weighted by Crippen LogP contribution is 2.30. The summed E-state index contributed by atoms with van der Waals surface area (Å²) in [5, 5.41) is 4.01. The summed E-state index contributed by atoms with van der Waals surface area (Å²) in [6.07, 6.45) is 1.42. The number of halogens is 2. The molecule has 0 aliphatic carbocycles. The van der Waals surface area contributed by atoms with Crippen LogP contribution in [0.4, 0.5) is 0 Å². The van der Waals surface area contributed by atoms with E-state index in [-0.39, 0.29) is 17.3 Å². The summed E-state index contributed by atoms with van der Waals surface area (Å²) in [6.45, 7) is 2.68. The molecule has 2 rings (SSSR count). The van der Waals surface area contributed by atoms with E-state index in [9.17, 15) is 8.42 Å². The Morgan fingerprint density at radius 1 is 1.45 bits per heavy atom. The average Bonchev–Trinajstić information content (AvgIpc) is 2.83. The molecule has 0 radical (unpaired) electrons. The fourth-order valence-electron chi connectivity index (χ4n) is 1.60. The molecular formula is C11H11BrClN3O3S. The maximum atomic E-state index is 11.5. The van der Waals surface area contributed by atoms with Gasteiger partial charge in [0.05, 0.1) is 0 Å². The van der Waals surface area contributed by atoms with Gasteiger partial charge >= 0.3 is 0 Å². The van der Waals surface area contributed by atoms with Gasteiger partial charge < -0.3 is 4.74 Å². The molecule has 9 heteroatoms. The molecule has 0 bridgehead atoms. The van der Waals surface area contributed by atoms with E-state index in [1.807, 2.05) is 6.92 Å². The Labute approximate surface area is 129 Å². The van der Waals surface area contributed by atoms with Crippen molar-refractivity contribution in [2.45, 2.75) is 25.0 Å². The number of aryl methyl sites for hydroxylation is 1. The van der Waals surface area contributed by atoms with Crippen molar-refractivity contribution in [2.24, 2.45) is 0 Å². The third-order valence-electron chi connectivity index (χ3n) is 2.52. The van der Waals surface area contributed by atoms with Crippen LogP contribution >= 0.6 is 26.6 Å². The molecule has 1 aromatic heterocycles. The zero-order valence-corrected chi connectivity index (χ0v) is 13.6. The molecule has 0 amide bonds. The van der Waals surface area contributed by atoms with Crippen LogP contribution in [0, 0.1) is 0 Å². The molecule has 20 heavy (non-hydrogen) atoms. The predicted octanol–water partition coefficient (Wildman–Crippen LogP) is 2.57. The van der Waals surface area contributed by atoms with Crippen molar-refractivity contribution in [3.8, 4) is 5.75 Å². The first-order valence-corrected chi connectivity index (χ1v) is 8.75. The first-order valence-electron chi connectivity index (χ1n) is 5.65. The van der Waals surface area contributed by atoms with Crippen molar-refractivity contribution >= 4 is 35.7 Å². The van der Waals surface area contributed by atoms with E-state index < -0.39 is 9.05 Å². The molecule has 0 atom stereocenters. The van der Waals surface area contributed by atoms with Crippen LogP contribution in [0.5, 0.6) is 5.75 Å². The molecule has 0 fully saturated rings. The normalized spacial score (nSPS) is 11.6. The number of aromatic nitrogens is 3. The van der Waals surface area contributed by atoms with Crippen molar-refractivity contribution in [1.29, 1.82) is 0 Å². The van der Waals surface area contributed by atoms with Crippen LogP contribution in [0.1, 0.15) is 12.7 Å². The summed E-state index contributed by atoms with van der Waals surface area (Å²) in [4.78, 5) is 3.96. The molecule has 1 aromatic carbocycles. The Balaban J connectivity index is 2.26. The van der Waals surface area contributed by atoms with Gasteiger partial charge in [-0.05, 0) is 25.1 Å². The quantitative estimate of drug-likeness (QED) is 0.745. The van der Waals surface area contributed by atoms with Crippen LogP contribution in [0.2, 0.25) is 0 Å². The van der Waals surface area contributed by atoms with Crippen molar-refractivity contribution < 1.29 is 13.2 Å². The fraction of sp³-hybridized carbons (Fsp3) is 0.273. The Kier molecular flexibility index (Phi) is 4.66. The maximum Gasteiger partial charge on any atom is 0.265 e. The topological polar surface area (TPSA) is 74.1 Å². The Hall–Kier alpha value is -1.12. The molecule has 0 unspecified atom stereocenters. The summed E-state index contributed by atoms with van der Waals surface area (Å²) in [5.74, 6) is 0.780. The minimum atomic E-state index is -3.89. The van der Waals surface area contributed by atoms with Gasteiger partial charge in [-0.3, -0.25) is 0 Å². The van der Waals surface area contributed by atoms with E-state index in [0.29, 0.717) is 16.8 Å². The van der Waals surface area contributed by atoms with Gasteiger partial charge in [0.25, 0.3) is 9.05 Å². The maximum absolute atomic E-state index is 11.5. The lowest BCUT2D eigenvalue weighted by Gasteiger charge is -2.10. The second-order valence-corrected chi connectivity index (χ2v) is 7.26. The highest BCUT2D eigenvalue weighted by molar-refractivity contribution is 9.10. The van der Waals surface area contributed by atoms with Crippen molar-refractivity contribution in [1.82, 2.24) is 14.8 Å². The number of rotatable bonds is 5. The molecule has 0 aliphatic rings. The lowest BCUT2D eigenvalue weighted by atomic mass is 10.3. The SMILES string of the molecule is CCn1ncnc1COc1ccc(Br)cc1S(=O)(=O)Cl. The third-order valence-corrected chi connectivity index (χ3v) is 4.36. The van der Waals surface area contributed by atoms with Gasteiger partial charge in [0.15, 0.2) is 5.82 Å². The molecule has 0 aliphatic heterocycles. The van der Waals surface area contributed by atoms with E-state index in [4.69, 9.17) is 15.4 Å². The van der Waals surface area contributed by atoms with Gasteiger partial charge in [-0.1, -0.05) is 15.9 Å². The van der Waals surface area contributed by atoms with E-state index >= 15 is 0 Å². The molecule has 0 spiro atoms. The van der Waals surface area contributed by atoms with Gasteiger partial charge in [0, 0.05) is 21.7 Å². The number of nitrogens with zero attached hydrogens (tertiary/aromatic N) is 3. The molecule has 1 heterocycles. The van der Waals surface area contributed by atoms with Crippen molar-refractivity contribution in [3.05, 3.63) is 34.8 Å². The van der Waals surface area contributed by atoms with E-state index in [1.165, 1.54) is 18.5 Å². The molecule has 0 saturated carbocycles. The van der Waals surface area contributed by atoms with Crippen LogP contribution in [0.25, 0.3) is 0 Å². The predicted molar refractivity (Wildman–Crippen MR) is 77.2 cm³/mol. The van der Waals surface area contributed by atoms with Crippen LogP contribution in [0.3, 0.4) is 0 Å². The number of benzene rings is 1. The molecule has 6 nitrogen and oxygen atoms in total. The zero-order valence-electron chi connectivity index (χ0n) is 10.5. The molecule has 2 aromatic rings. The van der Waals surface area contributed by atoms with Crippen LogP contribution in [-0.2, 0) is 22.2 Å². The summed E-state index contributed by atoms with van der Waals surface area (Å²) in [7, 11) is 1.50. The zero-order chi connectivity index (χ0) is 14.8. The van der Waals surface area contributed by atoms with E-state index in [1.54, 1.807) is 10.7 Å². The standard InChI is InChI=1S/C11H11BrClN3O3S/c1-2-16-11(14-7-15-16)6-19-9-4-3-8(12)5-10(9)20(13,17)18/h3-5,7H,2,6H2,1H3. The largest absolute Gasteiger partial charge is 0.484 e. The number of hydrogen-bond donors (Lipinski definition) is 0. The first-order chi connectivity index (χ1) is 9.41. The molecular weight excluding hydrogens is 370 g/mol. The summed E-state index contributed by atoms with van der Waals surface area (Å²) in [6, 6.07) is 4.60. The van der Waals surface area contributed by atoms with Crippen molar-refractivity contribution in [2.75, 3.05) is 0 Å². The van der Waals surface area contributed by atoms with Crippen LogP contribution in [0.15, 0.2) is 33.9 Å². The van der Waals surface area contributed by atoms with Crippen molar-refractivity contribution in [3.63, 3.8) is 0 Å². The fourth-order valence-corrected chi connectivity index (χ4v) is 3.11. The van der Waals surface area contributed by atoms with E-state index in [2.05, 4.69) is 26.0 Å². The molecule has 0 N–H and O–H groups in total. The Morgan fingerprint density at radius 3 is 2.85 bits per heavy atom. The highest BCUT2D eigenvalue weighted by Gasteiger charge is 2.18. The van der Waals surface area contributed by atoms with Gasteiger partial charge in [-0.25, -0.2) is 18.1 Å². The molecule has 108 valence electrons. The highest BCUT2D eigenvalue weighted by atomic mass is 79.9. The lowest BCUT2D eigenvalue weighted by Crippen LogP contribution is -2.08. The first kappa shape index (κ1) is 15.3. The minimum absolute atomic E-state index is 0.0869. The monoisotopic (exact) mass is 379 g/mol. The Bertz CT molecular complexity index is 717. The average molecular weight is 381 g/mol. The molecule has 0 saturated heterocycles. The van der Waals surface area contributed by atoms with Gasteiger partial charge in [0.2, 0.25) is 0 Å². The third kappa shape index (κ3) is 3.50. The summed E-state index contributed by atoms with van der Waals surface area (Å²) >= 11 is 3.20. The summed E-state index contributed by atoms with van der Waals surface area (Å²) < 4.78 is 30.8. The van der Waals surface area contributed by atoms with Crippen LogP contribution in [-0.4, -0.2) is 23.2 Å². The number of ether oxygens (including phenoxy) is 1. The lowest BCUT2D eigenvalue weighted by molar-refractivity contribution is 0.280. The van der Waals surface area contributed by atoms with Gasteiger partial charge in [-0.15, -0.1) is 0 Å². The smallest absolute Gasteiger partial charge is 0.265 e. The second-order valence-electron chi connectivity index (χ2n) is 3.81. The number of hydrogen-bond acceptors (Lipinski definition) is 5. The Morgan fingerprint density at radius 2 is 2.20 bits per heavy atom. The van der Waals surface area contributed by atoms with Gasteiger partial charge in [0.1, 0.15) is 23.6 Å². The second kappa shape index (κ2) is 6.11. The van der Waals surface area contributed by atoms with Gasteiger partial charge in [-0.2, -0.15) is 5.10 Å².